The molecule has 4 heteroatoms. The normalized spacial score (nSPS) is 19.4. The van der Waals surface area contributed by atoms with Gasteiger partial charge in [-0.3, -0.25) is 4.18 Å². The van der Waals surface area contributed by atoms with E-state index in [0.717, 1.165) is 11.1 Å². The van der Waals surface area contributed by atoms with Crippen LogP contribution >= 0.6 is 0 Å². The van der Waals surface area contributed by atoms with Gasteiger partial charge in [-0.05, 0) is 30.4 Å². The lowest BCUT2D eigenvalue weighted by molar-refractivity contribution is 0.353. The standard InChI is InChI=1S/C17H18O3S/c18-21(19)17(11-12-20-21,13-15-7-3-1-4-8-15)14-16-9-5-2-6-10-16/h1-10H,11-14H2. The van der Waals surface area contributed by atoms with Crippen LogP contribution in [0.25, 0.3) is 0 Å². The Kier molecular flexibility index (Phi) is 3.83. The average Bonchev–Trinajstić information content (AvgIpc) is 2.76. The Morgan fingerprint density at radius 3 is 1.71 bits per heavy atom. The molecule has 3 rings (SSSR count). The minimum absolute atomic E-state index is 0.280. The molecule has 0 aromatic heterocycles. The molecule has 0 N–H and O–H groups in total. The molecule has 0 bridgehead atoms. The molecule has 0 amide bonds. The van der Waals surface area contributed by atoms with Crippen LogP contribution in [-0.4, -0.2) is 19.8 Å². The molecule has 1 aliphatic rings. The van der Waals surface area contributed by atoms with Gasteiger partial charge < -0.3 is 0 Å². The van der Waals surface area contributed by atoms with Crippen molar-refractivity contribution in [2.24, 2.45) is 0 Å². The first-order chi connectivity index (χ1) is 10.1. The minimum Gasteiger partial charge on any atom is -0.270 e. The maximum Gasteiger partial charge on any atom is 0.273 e. The van der Waals surface area contributed by atoms with Gasteiger partial charge in [0.05, 0.1) is 6.61 Å². The molecule has 0 saturated carbocycles. The highest BCUT2D eigenvalue weighted by molar-refractivity contribution is 7.88. The van der Waals surface area contributed by atoms with E-state index in [4.69, 9.17) is 4.18 Å². The van der Waals surface area contributed by atoms with E-state index in [-0.39, 0.29) is 6.61 Å². The molecule has 3 nitrogen and oxygen atoms in total. The van der Waals surface area contributed by atoms with Gasteiger partial charge >= 0.3 is 0 Å². The summed E-state index contributed by atoms with van der Waals surface area (Å²) in [5.74, 6) is 0. The molecule has 1 fully saturated rings. The molecule has 1 saturated heterocycles. The van der Waals surface area contributed by atoms with E-state index in [1.54, 1.807) is 0 Å². The molecule has 0 radical (unpaired) electrons. The summed E-state index contributed by atoms with van der Waals surface area (Å²) < 4.78 is 29.2. The Morgan fingerprint density at radius 1 is 0.857 bits per heavy atom. The topological polar surface area (TPSA) is 43.4 Å². The summed E-state index contributed by atoms with van der Waals surface area (Å²) in [7, 11) is -3.55. The minimum atomic E-state index is -3.55. The van der Waals surface area contributed by atoms with Gasteiger partial charge in [0.25, 0.3) is 10.1 Å². The zero-order valence-corrected chi connectivity index (χ0v) is 12.6. The fraction of sp³-hybridized carbons (Fsp3) is 0.294. The van der Waals surface area contributed by atoms with Gasteiger partial charge in [0.2, 0.25) is 0 Å². The predicted octanol–water partition coefficient (Wildman–Crippen LogP) is 2.96. The smallest absolute Gasteiger partial charge is 0.270 e. The van der Waals surface area contributed by atoms with Gasteiger partial charge in [-0.25, -0.2) is 0 Å². The van der Waals surface area contributed by atoms with Crippen molar-refractivity contribution in [3.63, 3.8) is 0 Å². The SMILES string of the molecule is O=S1(=O)OCCC1(Cc1ccccc1)Cc1ccccc1. The fourth-order valence-electron chi connectivity index (χ4n) is 2.94. The Hall–Kier alpha value is -1.65. The number of hydrogen-bond acceptors (Lipinski definition) is 3. The van der Waals surface area contributed by atoms with Crippen molar-refractivity contribution in [1.29, 1.82) is 0 Å². The van der Waals surface area contributed by atoms with Crippen LogP contribution in [0.5, 0.6) is 0 Å². The molecule has 110 valence electrons. The third-order valence-corrected chi connectivity index (χ3v) is 6.10. The molecular weight excluding hydrogens is 284 g/mol. The van der Waals surface area contributed by atoms with Crippen molar-refractivity contribution in [2.45, 2.75) is 24.0 Å². The summed E-state index contributed by atoms with van der Waals surface area (Å²) in [6, 6.07) is 19.5. The van der Waals surface area contributed by atoms with Gasteiger partial charge in [-0.15, -0.1) is 0 Å². The summed E-state index contributed by atoms with van der Waals surface area (Å²) >= 11 is 0. The summed E-state index contributed by atoms with van der Waals surface area (Å²) in [4.78, 5) is 0. The van der Waals surface area contributed by atoms with Crippen molar-refractivity contribution < 1.29 is 12.6 Å². The van der Waals surface area contributed by atoms with E-state index in [2.05, 4.69) is 0 Å². The zero-order chi connectivity index (χ0) is 14.8. The highest BCUT2D eigenvalue weighted by Gasteiger charge is 2.49. The second-order valence-electron chi connectivity index (χ2n) is 5.53. The van der Waals surface area contributed by atoms with E-state index >= 15 is 0 Å². The number of rotatable bonds is 4. The Labute approximate surface area is 125 Å². The molecule has 2 aromatic rings. The highest BCUT2D eigenvalue weighted by Crippen LogP contribution is 2.37. The van der Waals surface area contributed by atoms with Crippen LogP contribution in [0.2, 0.25) is 0 Å². The summed E-state index contributed by atoms with van der Waals surface area (Å²) in [5, 5.41) is 0. The lowest BCUT2D eigenvalue weighted by Crippen LogP contribution is -2.39. The van der Waals surface area contributed by atoms with E-state index < -0.39 is 14.9 Å². The van der Waals surface area contributed by atoms with Crippen LogP contribution in [-0.2, 0) is 27.1 Å². The fourth-order valence-corrected chi connectivity index (χ4v) is 4.51. The first-order valence-corrected chi connectivity index (χ1v) is 8.49. The van der Waals surface area contributed by atoms with Crippen LogP contribution in [0.15, 0.2) is 60.7 Å². The quantitative estimate of drug-likeness (QED) is 0.816. The third-order valence-electron chi connectivity index (χ3n) is 4.06. The van der Waals surface area contributed by atoms with Crippen molar-refractivity contribution >= 4 is 10.1 Å². The van der Waals surface area contributed by atoms with Crippen molar-refractivity contribution in [2.75, 3.05) is 6.61 Å². The number of benzene rings is 2. The summed E-state index contributed by atoms with van der Waals surface area (Å²) in [5.41, 5.74) is 2.06. The van der Waals surface area contributed by atoms with Crippen LogP contribution in [0, 0.1) is 0 Å². The van der Waals surface area contributed by atoms with E-state index in [1.807, 2.05) is 60.7 Å². The number of hydrogen-bond donors (Lipinski definition) is 0. The Morgan fingerprint density at radius 2 is 1.33 bits per heavy atom. The first-order valence-electron chi connectivity index (χ1n) is 7.08. The van der Waals surface area contributed by atoms with E-state index in [9.17, 15) is 8.42 Å². The Bertz CT molecular complexity index is 652. The van der Waals surface area contributed by atoms with Crippen LogP contribution in [0.1, 0.15) is 17.5 Å². The Balaban J connectivity index is 1.96. The maximum absolute atomic E-state index is 12.5. The molecule has 0 atom stereocenters. The molecule has 0 aliphatic carbocycles. The second kappa shape index (κ2) is 5.62. The van der Waals surface area contributed by atoms with Crippen LogP contribution in [0.4, 0.5) is 0 Å². The molecular formula is C17H18O3S. The molecule has 0 spiro atoms. The molecule has 0 unspecified atom stereocenters. The largest absolute Gasteiger partial charge is 0.273 e. The van der Waals surface area contributed by atoms with Crippen LogP contribution < -0.4 is 0 Å². The van der Waals surface area contributed by atoms with E-state index in [1.165, 1.54) is 0 Å². The maximum atomic E-state index is 12.5. The highest BCUT2D eigenvalue weighted by atomic mass is 32.2. The first kappa shape index (κ1) is 14.3. The van der Waals surface area contributed by atoms with Crippen molar-refractivity contribution in [3.05, 3.63) is 71.8 Å². The summed E-state index contributed by atoms with van der Waals surface area (Å²) in [6.07, 6.45) is 1.52. The van der Waals surface area contributed by atoms with Crippen molar-refractivity contribution in [1.82, 2.24) is 0 Å². The molecule has 1 aliphatic heterocycles. The summed E-state index contributed by atoms with van der Waals surface area (Å²) in [6.45, 7) is 0.280. The third kappa shape index (κ3) is 2.87. The second-order valence-corrected chi connectivity index (χ2v) is 7.54. The molecule has 21 heavy (non-hydrogen) atoms. The monoisotopic (exact) mass is 302 g/mol. The lowest BCUT2D eigenvalue weighted by Gasteiger charge is -2.26. The van der Waals surface area contributed by atoms with Gasteiger partial charge in [0.15, 0.2) is 0 Å². The average molecular weight is 302 g/mol. The molecule has 1 heterocycles. The molecule has 2 aromatic carbocycles. The van der Waals surface area contributed by atoms with Gasteiger partial charge in [-0.2, -0.15) is 8.42 Å². The van der Waals surface area contributed by atoms with Gasteiger partial charge in [0, 0.05) is 0 Å². The zero-order valence-electron chi connectivity index (χ0n) is 11.7. The van der Waals surface area contributed by atoms with Gasteiger partial charge in [-0.1, -0.05) is 60.7 Å². The van der Waals surface area contributed by atoms with Crippen molar-refractivity contribution in [3.8, 4) is 0 Å². The lowest BCUT2D eigenvalue weighted by atomic mass is 9.89. The predicted molar refractivity (Wildman–Crippen MR) is 82.5 cm³/mol. The van der Waals surface area contributed by atoms with Crippen LogP contribution in [0.3, 0.4) is 0 Å². The van der Waals surface area contributed by atoms with E-state index in [0.29, 0.717) is 19.3 Å². The van der Waals surface area contributed by atoms with Gasteiger partial charge in [0.1, 0.15) is 4.75 Å².